The van der Waals surface area contributed by atoms with Crippen LogP contribution < -0.4 is 5.73 Å². The fourth-order valence-electron chi connectivity index (χ4n) is 5.89. The smallest absolute Gasteiger partial charge is 0.341 e. The Morgan fingerprint density at radius 3 is 2.28 bits per heavy atom. The fourth-order valence-corrected chi connectivity index (χ4v) is 5.89. The van der Waals surface area contributed by atoms with E-state index in [1.54, 1.807) is 6.92 Å². The molecule has 1 aromatic carbocycles. The van der Waals surface area contributed by atoms with Gasteiger partial charge in [0.2, 0.25) is 5.78 Å². The fraction of sp³-hybridized carbons (Fsp3) is 0.417. The number of amides is 1. The number of methoxy groups -OCH3 is 1. The highest BCUT2D eigenvalue weighted by Gasteiger charge is 2.68. The topological polar surface area (TPSA) is 208 Å². The number of esters is 1. The molecule has 3 aliphatic carbocycles. The summed E-state index contributed by atoms with van der Waals surface area (Å²) in [4.78, 5) is 52.3. The van der Waals surface area contributed by atoms with E-state index in [-0.39, 0.29) is 16.7 Å². The number of nitrogens with two attached hydrogens (primary N) is 1. The van der Waals surface area contributed by atoms with Crippen molar-refractivity contribution in [3.8, 4) is 5.75 Å². The summed E-state index contributed by atoms with van der Waals surface area (Å²) in [5.41, 5.74) is 0.436. The number of phenolic OH excluding ortho intramolecular Hbond substituents is 1. The molecule has 1 amide bonds. The first-order valence-corrected chi connectivity index (χ1v) is 11.0. The van der Waals surface area contributed by atoms with Crippen LogP contribution in [0.1, 0.15) is 34.3 Å². The third kappa shape index (κ3) is 2.98. The number of rotatable bonds is 3. The Hall–Kier alpha value is -3.74. The number of nitrogens with zero attached hydrogens (tertiary/aromatic N) is 1. The van der Waals surface area contributed by atoms with Crippen molar-refractivity contribution in [3.05, 3.63) is 45.7 Å². The first-order chi connectivity index (χ1) is 16.7. The number of hydrogen-bond donors (Lipinski definition) is 6. The zero-order valence-corrected chi connectivity index (χ0v) is 19.8. The number of benzene rings is 1. The summed E-state index contributed by atoms with van der Waals surface area (Å²) >= 11 is 0. The van der Waals surface area contributed by atoms with E-state index < -0.39 is 87.4 Å². The molecule has 192 valence electrons. The van der Waals surface area contributed by atoms with Crippen molar-refractivity contribution in [1.29, 1.82) is 0 Å². The molecule has 1 saturated carbocycles. The van der Waals surface area contributed by atoms with Crippen LogP contribution in [-0.2, 0) is 19.1 Å². The highest BCUT2D eigenvalue weighted by Crippen LogP contribution is 2.56. The number of primary amides is 1. The summed E-state index contributed by atoms with van der Waals surface area (Å²) in [7, 11) is 3.94. The average Bonchev–Trinajstić information content (AvgIpc) is 2.80. The zero-order valence-electron chi connectivity index (χ0n) is 19.8. The molecule has 1 fully saturated rings. The molecule has 36 heavy (non-hydrogen) atoms. The van der Waals surface area contributed by atoms with Gasteiger partial charge in [-0.2, -0.15) is 0 Å². The monoisotopic (exact) mass is 502 g/mol. The minimum Gasteiger partial charge on any atom is -0.508 e. The second-order valence-electron chi connectivity index (χ2n) is 9.47. The number of carbonyl (C=O) groups is 4. The molecule has 0 radical (unpaired) electrons. The predicted molar refractivity (Wildman–Crippen MR) is 122 cm³/mol. The average molecular weight is 502 g/mol. The van der Waals surface area contributed by atoms with Crippen molar-refractivity contribution in [3.63, 3.8) is 0 Å². The van der Waals surface area contributed by atoms with Gasteiger partial charge in [-0.1, -0.05) is 13.0 Å². The molecule has 0 spiro atoms. The Morgan fingerprint density at radius 1 is 1.14 bits per heavy atom. The van der Waals surface area contributed by atoms with Gasteiger partial charge in [0.15, 0.2) is 11.4 Å². The van der Waals surface area contributed by atoms with E-state index in [0.29, 0.717) is 0 Å². The lowest BCUT2D eigenvalue weighted by Gasteiger charge is -2.53. The molecule has 1 unspecified atom stereocenters. The van der Waals surface area contributed by atoms with Crippen LogP contribution in [0, 0.1) is 11.8 Å². The summed E-state index contributed by atoms with van der Waals surface area (Å²) < 4.78 is 4.63. The normalized spacial score (nSPS) is 31.7. The van der Waals surface area contributed by atoms with Gasteiger partial charge in [0.05, 0.1) is 30.7 Å². The Morgan fingerprint density at radius 2 is 1.75 bits per heavy atom. The SMILES string of the molecule is COC(=O)c1ccc2c(c1O)C(O)=C1C(=O)C3(O)C(O)=C(C(N)=O)C(=O)[C@@H](N(C)C)[C@@H]3[C@@H](O)[C@@H]1[C@H]2C. The van der Waals surface area contributed by atoms with E-state index in [0.717, 1.165) is 7.11 Å². The van der Waals surface area contributed by atoms with Gasteiger partial charge in [0.1, 0.15) is 28.4 Å². The van der Waals surface area contributed by atoms with Crippen LogP contribution in [0.25, 0.3) is 5.76 Å². The molecule has 4 rings (SSSR count). The van der Waals surface area contributed by atoms with Gasteiger partial charge < -0.3 is 36.0 Å². The van der Waals surface area contributed by atoms with Crippen LogP contribution in [0.5, 0.6) is 5.75 Å². The molecular formula is C24H26N2O10. The number of phenols is 1. The quantitative estimate of drug-likeness (QED) is 0.224. The van der Waals surface area contributed by atoms with E-state index in [1.165, 1.54) is 31.1 Å². The molecule has 12 heteroatoms. The molecule has 7 N–H and O–H groups in total. The Labute approximate surface area is 204 Å². The maximum atomic E-state index is 13.8. The molecule has 0 aromatic heterocycles. The summed E-state index contributed by atoms with van der Waals surface area (Å²) in [5, 5.41) is 55.9. The number of Topliss-reactive ketones (excluding diaryl/α,β-unsaturated/α-hetero) is 2. The van der Waals surface area contributed by atoms with Crippen molar-refractivity contribution in [2.24, 2.45) is 17.6 Å². The van der Waals surface area contributed by atoms with Crippen LogP contribution in [0.2, 0.25) is 0 Å². The number of aliphatic hydroxyl groups is 4. The summed E-state index contributed by atoms with van der Waals surface area (Å²) in [6, 6.07) is 1.26. The molecule has 0 saturated heterocycles. The van der Waals surface area contributed by atoms with Gasteiger partial charge in [-0.15, -0.1) is 0 Å². The molecule has 12 nitrogen and oxygen atoms in total. The van der Waals surface area contributed by atoms with Crippen molar-refractivity contribution >= 4 is 29.2 Å². The van der Waals surface area contributed by atoms with Gasteiger partial charge in [-0.25, -0.2) is 4.79 Å². The van der Waals surface area contributed by atoms with Crippen molar-refractivity contribution in [1.82, 2.24) is 4.90 Å². The van der Waals surface area contributed by atoms with E-state index >= 15 is 0 Å². The Kier molecular flexibility index (Phi) is 5.74. The van der Waals surface area contributed by atoms with E-state index in [2.05, 4.69) is 4.74 Å². The first kappa shape index (κ1) is 25.4. The number of carbonyl (C=O) groups excluding carboxylic acids is 4. The van der Waals surface area contributed by atoms with Crippen molar-refractivity contribution < 1.29 is 49.4 Å². The molecule has 6 atom stereocenters. The molecule has 3 aliphatic rings. The number of fused-ring (bicyclic) bond motifs is 3. The highest BCUT2D eigenvalue weighted by molar-refractivity contribution is 6.24. The molecule has 0 aliphatic heterocycles. The van der Waals surface area contributed by atoms with Gasteiger partial charge >= 0.3 is 5.97 Å². The van der Waals surface area contributed by atoms with Crippen LogP contribution in [0.4, 0.5) is 0 Å². The lowest BCUT2D eigenvalue weighted by molar-refractivity contribution is -0.169. The lowest BCUT2D eigenvalue weighted by atomic mass is 9.54. The van der Waals surface area contributed by atoms with Gasteiger partial charge in [0, 0.05) is 11.5 Å². The maximum Gasteiger partial charge on any atom is 0.341 e. The second kappa shape index (κ2) is 8.15. The third-order valence-electron chi connectivity index (χ3n) is 7.53. The number of hydrogen-bond acceptors (Lipinski definition) is 11. The molecule has 1 aromatic rings. The standard InChI is InChI=1S/C24H26N2O10/c1-7-8-5-6-9(23(34)36-4)16(27)11(8)17(28)12-10(7)18(29)14-15(26(2)3)19(30)13(22(25)33)21(32)24(14,35)20(12)31/h5-7,10,14-15,18,27-29,32,35H,1-4H3,(H2,25,33)/t7-,10+,14+,15-,18-,24?/m0/s1. The summed E-state index contributed by atoms with van der Waals surface area (Å²) in [6.45, 7) is 1.59. The van der Waals surface area contributed by atoms with Crippen LogP contribution in [0.15, 0.2) is 29.0 Å². The number of likely N-dealkylation sites (N-methyl/N-ethyl adjacent to an activating group) is 1. The number of ether oxygens (including phenoxy) is 1. The van der Waals surface area contributed by atoms with Crippen LogP contribution in [-0.4, -0.2) is 92.8 Å². The van der Waals surface area contributed by atoms with E-state index in [1.807, 2.05) is 0 Å². The summed E-state index contributed by atoms with van der Waals surface area (Å²) in [5.74, 6) is -11.0. The van der Waals surface area contributed by atoms with Crippen LogP contribution >= 0.6 is 0 Å². The number of ketones is 2. The lowest BCUT2D eigenvalue weighted by Crippen LogP contribution is -2.70. The zero-order chi connectivity index (χ0) is 27.0. The van der Waals surface area contributed by atoms with Gasteiger partial charge in [-0.3, -0.25) is 19.3 Å². The number of aliphatic hydroxyl groups excluding tert-OH is 3. The van der Waals surface area contributed by atoms with Gasteiger partial charge in [-0.05, 0) is 31.6 Å². The van der Waals surface area contributed by atoms with Crippen molar-refractivity contribution in [2.75, 3.05) is 21.2 Å². The van der Waals surface area contributed by atoms with Crippen molar-refractivity contribution in [2.45, 2.75) is 30.6 Å². The van der Waals surface area contributed by atoms with E-state index in [4.69, 9.17) is 5.73 Å². The third-order valence-corrected chi connectivity index (χ3v) is 7.53. The Bertz CT molecular complexity index is 1300. The summed E-state index contributed by atoms with van der Waals surface area (Å²) in [6.07, 6.45) is -1.69. The van der Waals surface area contributed by atoms with Gasteiger partial charge in [0.25, 0.3) is 5.91 Å². The largest absolute Gasteiger partial charge is 0.508 e. The highest BCUT2D eigenvalue weighted by atomic mass is 16.5. The first-order valence-electron chi connectivity index (χ1n) is 11.0. The number of aromatic hydroxyl groups is 1. The second-order valence-corrected chi connectivity index (χ2v) is 9.47. The molecular weight excluding hydrogens is 476 g/mol. The molecule has 0 bridgehead atoms. The maximum absolute atomic E-state index is 13.8. The predicted octanol–water partition coefficient (Wildman–Crippen LogP) is -0.718. The Balaban J connectivity index is 2.05. The minimum atomic E-state index is -3.00. The minimum absolute atomic E-state index is 0.282. The van der Waals surface area contributed by atoms with E-state index in [9.17, 15) is 44.7 Å². The van der Waals surface area contributed by atoms with Crippen LogP contribution in [0.3, 0.4) is 0 Å². The molecule has 0 heterocycles.